The number of hydrogen-bond acceptors (Lipinski definition) is 7. The van der Waals surface area contributed by atoms with E-state index in [0.29, 0.717) is 19.0 Å². The number of nitrogens with one attached hydrogen (secondary N) is 1. The van der Waals surface area contributed by atoms with Crippen molar-refractivity contribution in [2.24, 2.45) is 0 Å². The van der Waals surface area contributed by atoms with Crippen LogP contribution < -0.4 is 5.32 Å². The molecule has 1 aliphatic heterocycles. The molecule has 6 aromatic rings. The van der Waals surface area contributed by atoms with Gasteiger partial charge in [-0.3, -0.25) is 9.48 Å². The number of hydrogen-bond donors (Lipinski definition) is 1. The average Bonchev–Trinajstić information content (AvgIpc) is 3.70. The maximum absolute atomic E-state index is 13.7. The van der Waals surface area contributed by atoms with Crippen LogP contribution in [0.1, 0.15) is 17.5 Å². The summed E-state index contributed by atoms with van der Waals surface area (Å²) in [6, 6.07) is 19.3. The molecule has 1 N–H and O–H groups in total. The highest BCUT2D eigenvalue weighted by Gasteiger charge is 2.27. The van der Waals surface area contributed by atoms with Crippen LogP contribution in [0.15, 0.2) is 73.2 Å². The van der Waals surface area contributed by atoms with Crippen LogP contribution in [-0.4, -0.2) is 68.7 Å². The first kappa shape index (κ1) is 26.5. The fourth-order valence-corrected chi connectivity index (χ4v) is 6.88. The van der Waals surface area contributed by atoms with Gasteiger partial charge in [0, 0.05) is 40.3 Å². The number of amides is 1. The number of carbonyl (C=O) groups excluding carboxylic acids is 1. The van der Waals surface area contributed by atoms with E-state index in [2.05, 4.69) is 51.5 Å². The lowest BCUT2D eigenvalue weighted by Gasteiger charge is -2.20. The van der Waals surface area contributed by atoms with Gasteiger partial charge in [0.2, 0.25) is 5.91 Å². The Bertz CT molecular complexity index is 1950. The van der Waals surface area contributed by atoms with Crippen LogP contribution in [0.25, 0.3) is 31.2 Å². The van der Waals surface area contributed by atoms with Gasteiger partial charge in [-0.25, -0.2) is 14.4 Å². The lowest BCUT2D eigenvalue weighted by molar-refractivity contribution is -0.129. The monoisotopic (exact) mass is 579 g/mol. The van der Waals surface area contributed by atoms with Crippen LogP contribution in [0, 0.1) is 5.82 Å². The van der Waals surface area contributed by atoms with Gasteiger partial charge in [-0.05, 0) is 68.0 Å². The molecule has 212 valence electrons. The molecular formula is C32H30FN7OS. The summed E-state index contributed by atoms with van der Waals surface area (Å²) >= 11 is 1.61. The van der Waals surface area contributed by atoms with Gasteiger partial charge < -0.3 is 15.1 Å². The number of fused-ring (bicyclic) bond motifs is 4. The zero-order valence-electron chi connectivity index (χ0n) is 23.4. The maximum atomic E-state index is 13.7. The van der Waals surface area contributed by atoms with Gasteiger partial charge in [-0.1, -0.05) is 24.3 Å². The third kappa shape index (κ3) is 5.08. The van der Waals surface area contributed by atoms with Crippen molar-refractivity contribution in [3.05, 3.63) is 90.1 Å². The number of halogens is 1. The molecule has 3 aromatic heterocycles. The number of likely N-dealkylation sites (N-methyl/N-ethyl adjacent to an activating group) is 1. The highest BCUT2D eigenvalue weighted by molar-refractivity contribution is 7.25. The van der Waals surface area contributed by atoms with Crippen LogP contribution in [0.2, 0.25) is 0 Å². The number of benzene rings is 3. The van der Waals surface area contributed by atoms with Gasteiger partial charge >= 0.3 is 0 Å². The molecule has 7 rings (SSSR count). The molecule has 8 nitrogen and oxygen atoms in total. The Morgan fingerprint density at radius 1 is 1.10 bits per heavy atom. The molecule has 1 fully saturated rings. The molecular weight excluding hydrogens is 549 g/mol. The molecule has 1 unspecified atom stereocenters. The number of thiophene rings is 1. The first-order valence-electron chi connectivity index (χ1n) is 14.0. The van der Waals surface area contributed by atoms with Crippen molar-refractivity contribution in [3.63, 3.8) is 0 Å². The quantitative estimate of drug-likeness (QED) is 0.256. The Kier molecular flexibility index (Phi) is 6.79. The van der Waals surface area contributed by atoms with E-state index in [-0.39, 0.29) is 11.7 Å². The van der Waals surface area contributed by atoms with E-state index >= 15 is 0 Å². The van der Waals surface area contributed by atoms with E-state index in [1.807, 2.05) is 46.1 Å². The zero-order valence-corrected chi connectivity index (χ0v) is 24.2. The number of carbonyl (C=O) groups is 1. The lowest BCUT2D eigenvalue weighted by Crippen LogP contribution is -2.35. The minimum absolute atomic E-state index is 0.177. The number of anilines is 2. The first-order chi connectivity index (χ1) is 20.4. The zero-order chi connectivity index (χ0) is 28.8. The van der Waals surface area contributed by atoms with Gasteiger partial charge in [-0.15, -0.1) is 11.3 Å². The molecule has 1 saturated heterocycles. The Morgan fingerprint density at radius 3 is 2.83 bits per heavy atom. The van der Waals surface area contributed by atoms with Crippen LogP contribution in [0.3, 0.4) is 0 Å². The van der Waals surface area contributed by atoms with E-state index in [0.717, 1.165) is 73.3 Å². The highest BCUT2D eigenvalue weighted by atomic mass is 32.1. The molecule has 4 heterocycles. The van der Waals surface area contributed by atoms with Crippen molar-refractivity contribution in [1.82, 2.24) is 29.5 Å². The Balaban J connectivity index is 1.12. The molecule has 10 heteroatoms. The van der Waals surface area contributed by atoms with E-state index in [9.17, 15) is 9.18 Å². The third-order valence-electron chi connectivity index (χ3n) is 8.06. The second kappa shape index (κ2) is 10.8. The number of rotatable bonds is 7. The smallest absolute Gasteiger partial charge is 0.227 e. The summed E-state index contributed by atoms with van der Waals surface area (Å²) in [7, 11) is 4.15. The molecule has 0 saturated carbocycles. The lowest BCUT2D eigenvalue weighted by atomic mass is 10.1. The highest BCUT2D eigenvalue weighted by Crippen LogP contribution is 2.38. The second-order valence-corrected chi connectivity index (χ2v) is 12.1. The molecule has 1 atom stereocenters. The van der Waals surface area contributed by atoms with E-state index in [1.54, 1.807) is 23.7 Å². The summed E-state index contributed by atoms with van der Waals surface area (Å²) < 4.78 is 16.6. The summed E-state index contributed by atoms with van der Waals surface area (Å²) in [5.74, 6) is 0.655. The fraction of sp³-hybridized carbons (Fsp3) is 0.250. The van der Waals surface area contributed by atoms with Gasteiger partial charge in [-0.2, -0.15) is 5.10 Å². The second-order valence-electron chi connectivity index (χ2n) is 11.1. The Labute approximate surface area is 246 Å². The third-order valence-corrected chi connectivity index (χ3v) is 9.12. The number of likely N-dealkylation sites (tertiary alicyclic amines) is 1. The average molecular weight is 580 g/mol. The van der Waals surface area contributed by atoms with Crippen LogP contribution in [-0.2, 0) is 17.8 Å². The van der Waals surface area contributed by atoms with Crippen LogP contribution in [0.4, 0.5) is 15.9 Å². The van der Waals surface area contributed by atoms with Crippen molar-refractivity contribution < 1.29 is 9.18 Å². The summed E-state index contributed by atoms with van der Waals surface area (Å²) in [6.07, 6.45) is 4.82. The van der Waals surface area contributed by atoms with E-state index in [1.165, 1.54) is 12.1 Å². The van der Waals surface area contributed by atoms with Crippen LogP contribution in [0.5, 0.6) is 0 Å². The molecule has 1 aliphatic rings. The SMILES string of the molecule is CN(C)C1CCN(C(=O)Cc2ccc3c(c2)sc2ncnc(Nc4ccc5c(cnn5Cc5cccc(F)c5)c4)c23)C1. The fourth-order valence-electron chi connectivity index (χ4n) is 5.77. The van der Waals surface area contributed by atoms with Gasteiger partial charge in [0.1, 0.15) is 22.8 Å². The first-order valence-corrected chi connectivity index (χ1v) is 14.8. The number of nitrogens with zero attached hydrogens (tertiary/aromatic N) is 6. The molecule has 0 spiro atoms. The number of aromatic nitrogens is 4. The summed E-state index contributed by atoms with van der Waals surface area (Å²) in [5.41, 5.74) is 3.72. The Hall–Kier alpha value is -4.41. The van der Waals surface area contributed by atoms with Crippen LogP contribution >= 0.6 is 11.3 Å². The van der Waals surface area contributed by atoms with Gasteiger partial charge in [0.25, 0.3) is 0 Å². The molecule has 0 radical (unpaired) electrons. The molecule has 3 aromatic carbocycles. The molecule has 0 aliphatic carbocycles. The predicted molar refractivity (Wildman–Crippen MR) is 166 cm³/mol. The summed E-state index contributed by atoms with van der Waals surface area (Å²) in [5, 5.41) is 11.0. The molecule has 1 amide bonds. The van der Waals surface area contributed by atoms with Crippen molar-refractivity contribution in [2.45, 2.75) is 25.4 Å². The van der Waals surface area contributed by atoms with Crippen molar-refractivity contribution >= 4 is 60.0 Å². The van der Waals surface area contributed by atoms with Gasteiger partial charge in [0.15, 0.2) is 0 Å². The molecule has 0 bridgehead atoms. The molecule has 42 heavy (non-hydrogen) atoms. The summed E-state index contributed by atoms with van der Waals surface area (Å²) in [6.45, 7) is 2.10. The Morgan fingerprint density at radius 2 is 2.00 bits per heavy atom. The minimum Gasteiger partial charge on any atom is -0.341 e. The standard InChI is InChI=1S/C32H30FN7OS/c1-38(2)25-10-11-39(18-25)29(41)14-20-6-8-26-28(13-20)42-32-30(26)31(34-19-35-32)37-24-7-9-27-22(15-24)16-36-40(27)17-21-4-3-5-23(33)12-21/h3-9,12-13,15-16,19,25H,10-11,14,17-18H2,1-2H3,(H,34,35,37). The maximum Gasteiger partial charge on any atom is 0.227 e. The topological polar surface area (TPSA) is 79.2 Å². The predicted octanol–water partition coefficient (Wildman–Crippen LogP) is 5.83. The van der Waals surface area contributed by atoms with Crippen molar-refractivity contribution in [2.75, 3.05) is 32.5 Å². The van der Waals surface area contributed by atoms with Crippen molar-refractivity contribution in [3.8, 4) is 0 Å². The van der Waals surface area contributed by atoms with E-state index < -0.39 is 0 Å². The minimum atomic E-state index is -0.252. The van der Waals surface area contributed by atoms with Crippen molar-refractivity contribution in [1.29, 1.82) is 0 Å². The van der Waals surface area contributed by atoms with E-state index in [4.69, 9.17) is 0 Å². The van der Waals surface area contributed by atoms with Gasteiger partial charge in [0.05, 0.1) is 30.1 Å². The largest absolute Gasteiger partial charge is 0.341 e. The normalized spacial score (nSPS) is 15.4. The summed E-state index contributed by atoms with van der Waals surface area (Å²) in [4.78, 5) is 27.2.